The molecule has 29 heavy (non-hydrogen) atoms. The molecular weight excluding hydrogens is 372 g/mol. The van der Waals surface area contributed by atoms with Crippen molar-refractivity contribution in [3.8, 4) is 0 Å². The summed E-state index contributed by atoms with van der Waals surface area (Å²) in [6.45, 7) is 7.83. The number of hydrogen-bond donors (Lipinski definition) is 0. The highest BCUT2D eigenvalue weighted by atomic mass is 16.5. The van der Waals surface area contributed by atoms with E-state index in [0.29, 0.717) is 51.4 Å². The van der Waals surface area contributed by atoms with Crippen LogP contribution in [0.15, 0.2) is 0 Å². The molecule has 0 spiro atoms. The van der Waals surface area contributed by atoms with Crippen LogP contribution in [-0.4, -0.2) is 37.7 Å². The molecule has 0 radical (unpaired) electrons. The van der Waals surface area contributed by atoms with Gasteiger partial charge in [-0.15, -0.1) is 0 Å². The summed E-state index contributed by atoms with van der Waals surface area (Å²) in [5.74, 6) is -0.132. The van der Waals surface area contributed by atoms with Gasteiger partial charge < -0.3 is 9.47 Å². The van der Waals surface area contributed by atoms with Gasteiger partial charge in [-0.25, -0.2) is 0 Å². The Morgan fingerprint density at radius 2 is 1.10 bits per heavy atom. The summed E-state index contributed by atoms with van der Waals surface area (Å²) in [4.78, 5) is 46.9. The molecule has 0 bridgehead atoms. The van der Waals surface area contributed by atoms with Gasteiger partial charge >= 0.3 is 11.9 Å². The molecule has 0 unspecified atom stereocenters. The second kappa shape index (κ2) is 13.5. The van der Waals surface area contributed by atoms with E-state index in [1.807, 2.05) is 13.8 Å². The highest BCUT2D eigenvalue weighted by Crippen LogP contribution is 2.29. The SMILES string of the molecule is COC(=O)CCC(C)(C)CCCC(=O)CCCC(=O)CCCC(C)(C)C(=O)OC. The molecule has 0 heterocycles. The van der Waals surface area contributed by atoms with Crippen LogP contribution in [0, 0.1) is 10.8 Å². The molecular formula is C23H40O6. The lowest BCUT2D eigenvalue weighted by Crippen LogP contribution is -2.25. The number of esters is 2. The van der Waals surface area contributed by atoms with Crippen LogP contribution in [0.1, 0.15) is 98.3 Å². The van der Waals surface area contributed by atoms with Crippen molar-refractivity contribution in [3.63, 3.8) is 0 Å². The van der Waals surface area contributed by atoms with Crippen molar-refractivity contribution >= 4 is 23.5 Å². The molecule has 168 valence electrons. The first kappa shape index (κ1) is 27.3. The van der Waals surface area contributed by atoms with Gasteiger partial charge in [0.1, 0.15) is 11.6 Å². The summed E-state index contributed by atoms with van der Waals surface area (Å²) in [6, 6.07) is 0. The largest absolute Gasteiger partial charge is 0.469 e. The quantitative estimate of drug-likeness (QED) is 0.338. The fourth-order valence-corrected chi connectivity index (χ4v) is 3.27. The van der Waals surface area contributed by atoms with Crippen LogP contribution in [0.3, 0.4) is 0 Å². The van der Waals surface area contributed by atoms with E-state index in [2.05, 4.69) is 18.6 Å². The van der Waals surface area contributed by atoms with Crippen LogP contribution in [0.5, 0.6) is 0 Å². The van der Waals surface area contributed by atoms with Gasteiger partial charge in [-0.3, -0.25) is 19.2 Å². The summed E-state index contributed by atoms with van der Waals surface area (Å²) in [5, 5.41) is 0. The number of Topliss-reactive ketones (excluding diaryl/α,β-unsaturated/α-hetero) is 2. The molecule has 0 aliphatic carbocycles. The van der Waals surface area contributed by atoms with Gasteiger partial charge in [0.15, 0.2) is 0 Å². The normalized spacial score (nSPS) is 11.8. The minimum atomic E-state index is -0.574. The Morgan fingerprint density at radius 3 is 1.59 bits per heavy atom. The topological polar surface area (TPSA) is 86.7 Å². The lowest BCUT2D eigenvalue weighted by atomic mass is 9.82. The van der Waals surface area contributed by atoms with Crippen LogP contribution in [0.2, 0.25) is 0 Å². The van der Waals surface area contributed by atoms with Gasteiger partial charge in [0.25, 0.3) is 0 Å². The Morgan fingerprint density at radius 1 is 0.621 bits per heavy atom. The van der Waals surface area contributed by atoms with Crippen molar-refractivity contribution in [2.75, 3.05) is 14.2 Å². The molecule has 0 aliphatic rings. The smallest absolute Gasteiger partial charge is 0.311 e. The van der Waals surface area contributed by atoms with Crippen molar-refractivity contribution in [3.05, 3.63) is 0 Å². The Hall–Kier alpha value is -1.72. The van der Waals surface area contributed by atoms with Crippen molar-refractivity contribution in [1.82, 2.24) is 0 Å². The molecule has 0 atom stereocenters. The number of methoxy groups -OCH3 is 2. The molecule has 6 nitrogen and oxygen atoms in total. The monoisotopic (exact) mass is 412 g/mol. The molecule has 0 aromatic heterocycles. The molecule has 0 N–H and O–H groups in total. The maximum Gasteiger partial charge on any atom is 0.311 e. The third kappa shape index (κ3) is 13.2. The fourth-order valence-electron chi connectivity index (χ4n) is 3.27. The van der Waals surface area contributed by atoms with Gasteiger partial charge in [0.2, 0.25) is 0 Å². The van der Waals surface area contributed by atoms with E-state index >= 15 is 0 Å². The Balaban J connectivity index is 3.91. The fraction of sp³-hybridized carbons (Fsp3) is 0.826. The van der Waals surface area contributed by atoms with Crippen LogP contribution in [0.4, 0.5) is 0 Å². The number of ether oxygens (including phenoxy) is 2. The number of ketones is 2. The molecule has 0 saturated carbocycles. The molecule has 6 heteroatoms. The zero-order chi connectivity index (χ0) is 22.5. The lowest BCUT2D eigenvalue weighted by Gasteiger charge is -2.23. The highest BCUT2D eigenvalue weighted by molar-refractivity contribution is 5.81. The minimum Gasteiger partial charge on any atom is -0.469 e. The highest BCUT2D eigenvalue weighted by Gasteiger charge is 2.28. The number of rotatable bonds is 16. The zero-order valence-corrected chi connectivity index (χ0v) is 19.2. The van der Waals surface area contributed by atoms with Crippen LogP contribution in [0.25, 0.3) is 0 Å². The predicted octanol–water partition coefficient (Wildman–Crippen LogP) is 4.81. The summed E-state index contributed by atoms with van der Waals surface area (Å²) < 4.78 is 9.43. The summed E-state index contributed by atoms with van der Waals surface area (Å²) in [7, 11) is 2.76. The second-order valence-electron chi connectivity index (χ2n) is 9.25. The summed E-state index contributed by atoms with van der Waals surface area (Å²) in [5.41, 5.74) is -0.571. The first-order valence-electron chi connectivity index (χ1n) is 10.6. The van der Waals surface area contributed by atoms with Crippen molar-refractivity contribution < 1.29 is 28.7 Å². The van der Waals surface area contributed by atoms with Gasteiger partial charge in [-0.05, 0) is 57.8 Å². The summed E-state index contributed by atoms with van der Waals surface area (Å²) in [6.07, 6.45) is 6.46. The number of carbonyl (C=O) groups is 4. The predicted molar refractivity (Wildman–Crippen MR) is 112 cm³/mol. The molecule has 0 aromatic carbocycles. The average molecular weight is 413 g/mol. The van der Waals surface area contributed by atoms with Gasteiger partial charge in [-0.1, -0.05) is 13.8 Å². The lowest BCUT2D eigenvalue weighted by molar-refractivity contribution is -0.151. The third-order valence-electron chi connectivity index (χ3n) is 5.45. The minimum absolute atomic E-state index is 0.00239. The van der Waals surface area contributed by atoms with Crippen LogP contribution >= 0.6 is 0 Å². The van der Waals surface area contributed by atoms with Crippen LogP contribution in [-0.2, 0) is 28.7 Å². The molecule has 0 amide bonds. The van der Waals surface area contributed by atoms with E-state index in [1.54, 1.807) is 0 Å². The van der Waals surface area contributed by atoms with Gasteiger partial charge in [0, 0.05) is 32.1 Å². The van der Waals surface area contributed by atoms with E-state index in [0.717, 1.165) is 19.3 Å². The number of hydrogen-bond acceptors (Lipinski definition) is 6. The first-order valence-corrected chi connectivity index (χ1v) is 10.6. The Labute approximate surface area is 176 Å². The van der Waals surface area contributed by atoms with E-state index in [-0.39, 0.29) is 28.9 Å². The van der Waals surface area contributed by atoms with E-state index < -0.39 is 5.41 Å². The molecule has 0 aliphatic heterocycles. The maximum atomic E-state index is 12.0. The first-order chi connectivity index (χ1) is 13.4. The van der Waals surface area contributed by atoms with E-state index in [9.17, 15) is 19.2 Å². The maximum absolute atomic E-state index is 12.0. The number of carbonyl (C=O) groups excluding carboxylic acids is 4. The third-order valence-corrected chi connectivity index (χ3v) is 5.45. The second-order valence-corrected chi connectivity index (χ2v) is 9.25. The zero-order valence-electron chi connectivity index (χ0n) is 19.2. The molecule has 0 rings (SSSR count). The van der Waals surface area contributed by atoms with Crippen molar-refractivity contribution in [2.24, 2.45) is 10.8 Å². The van der Waals surface area contributed by atoms with Gasteiger partial charge in [0.05, 0.1) is 19.6 Å². The standard InChI is InChI=1S/C23H40O6/c1-22(2,17-14-20(26)28-5)15-8-12-18(24)10-7-11-19(25)13-9-16-23(3,4)21(27)29-6/h7-17H2,1-6H3. The molecule has 0 fully saturated rings. The van der Waals surface area contributed by atoms with E-state index in [1.165, 1.54) is 14.2 Å². The van der Waals surface area contributed by atoms with Crippen LogP contribution < -0.4 is 0 Å². The average Bonchev–Trinajstić information content (AvgIpc) is 2.65. The Bertz CT molecular complexity index is 548. The van der Waals surface area contributed by atoms with Crippen molar-refractivity contribution in [1.29, 1.82) is 0 Å². The van der Waals surface area contributed by atoms with Gasteiger partial charge in [-0.2, -0.15) is 0 Å². The molecule has 0 saturated heterocycles. The molecule has 0 aromatic rings. The van der Waals surface area contributed by atoms with Crippen molar-refractivity contribution in [2.45, 2.75) is 98.3 Å². The van der Waals surface area contributed by atoms with E-state index in [4.69, 9.17) is 4.74 Å². The Kier molecular flexibility index (Phi) is 12.7. The summed E-state index contributed by atoms with van der Waals surface area (Å²) >= 11 is 0.